The number of nitrogens with zero attached hydrogens (tertiary/aromatic N) is 3. The Kier molecular flexibility index (Phi) is 9.98. The quantitative estimate of drug-likeness (QED) is 0.190. The van der Waals surface area contributed by atoms with E-state index in [1.807, 2.05) is 0 Å². The molecule has 0 aliphatic heterocycles. The Balaban J connectivity index is 2.36. The van der Waals surface area contributed by atoms with E-state index in [9.17, 15) is 4.79 Å². The zero-order valence-electron chi connectivity index (χ0n) is 13.8. The highest BCUT2D eigenvalue weighted by Crippen LogP contribution is 2.26. The fraction of sp³-hybridized carbons (Fsp3) is 0.533. The van der Waals surface area contributed by atoms with Crippen molar-refractivity contribution in [2.75, 3.05) is 53.9 Å². The van der Waals surface area contributed by atoms with Crippen LogP contribution in [0.15, 0.2) is 23.3 Å². The summed E-state index contributed by atoms with van der Waals surface area (Å²) in [5.74, 6) is -0.120. The summed E-state index contributed by atoms with van der Waals surface area (Å²) in [4.78, 5) is 14.3. The minimum atomic E-state index is -0.583. The van der Waals surface area contributed by atoms with Gasteiger partial charge in [0.05, 0.1) is 51.4 Å². The third-order valence-corrected chi connectivity index (χ3v) is 2.83. The predicted octanol–water partition coefficient (Wildman–Crippen LogP) is 2.47. The van der Waals surface area contributed by atoms with E-state index in [4.69, 9.17) is 24.5 Å². The number of ether oxygens (including phenoxy) is 5. The lowest BCUT2D eigenvalue weighted by atomic mass is 10.2. The number of azide groups is 1. The van der Waals surface area contributed by atoms with Crippen molar-refractivity contribution in [3.05, 3.63) is 34.2 Å². The molecule has 0 aliphatic carbocycles. The maximum atomic E-state index is 11.6. The lowest BCUT2D eigenvalue weighted by Crippen LogP contribution is -2.12. The molecule has 0 heterocycles. The van der Waals surface area contributed by atoms with Crippen molar-refractivity contribution < 1.29 is 28.5 Å². The minimum Gasteiger partial charge on any atom is -0.491 e. The van der Waals surface area contributed by atoms with Crippen LogP contribution in [0.2, 0.25) is 0 Å². The van der Waals surface area contributed by atoms with Crippen LogP contribution in [0.3, 0.4) is 0 Å². The highest BCUT2D eigenvalue weighted by Gasteiger charge is 2.11. The number of esters is 1. The van der Waals surface area contributed by atoms with Gasteiger partial charge in [-0.05, 0) is 23.7 Å². The molecular weight excluding hydrogens is 318 g/mol. The van der Waals surface area contributed by atoms with Gasteiger partial charge in [0.15, 0.2) is 0 Å². The number of methoxy groups -OCH3 is 2. The van der Waals surface area contributed by atoms with E-state index in [1.165, 1.54) is 19.2 Å². The molecule has 24 heavy (non-hydrogen) atoms. The first-order chi connectivity index (χ1) is 11.7. The molecular formula is C15H21N3O6. The van der Waals surface area contributed by atoms with Crippen molar-refractivity contribution in [3.63, 3.8) is 0 Å². The molecule has 9 nitrogen and oxygen atoms in total. The van der Waals surface area contributed by atoms with Crippen molar-refractivity contribution >= 4 is 11.7 Å². The molecule has 0 saturated carbocycles. The first kappa shape index (κ1) is 19.7. The first-order valence-electron chi connectivity index (χ1n) is 7.27. The smallest absolute Gasteiger partial charge is 0.338 e. The standard InChI is InChI=1S/C15H21N3O6/c1-20-5-6-22-7-8-23-9-10-24-12-3-4-13(15(19)21-2)14(11-12)17-18-16/h3-4,11H,5-10H2,1-2H3. The summed E-state index contributed by atoms with van der Waals surface area (Å²) >= 11 is 0. The molecule has 0 aliphatic rings. The molecule has 1 aromatic rings. The van der Waals surface area contributed by atoms with Crippen LogP contribution in [0, 0.1) is 0 Å². The van der Waals surface area contributed by atoms with E-state index >= 15 is 0 Å². The van der Waals surface area contributed by atoms with Crippen molar-refractivity contribution in [1.82, 2.24) is 0 Å². The molecule has 1 rings (SSSR count). The maximum absolute atomic E-state index is 11.6. The largest absolute Gasteiger partial charge is 0.491 e. The molecule has 1 aromatic carbocycles. The van der Waals surface area contributed by atoms with Crippen LogP contribution >= 0.6 is 0 Å². The van der Waals surface area contributed by atoms with E-state index in [-0.39, 0.29) is 11.3 Å². The van der Waals surface area contributed by atoms with Crippen molar-refractivity contribution in [2.45, 2.75) is 0 Å². The van der Waals surface area contributed by atoms with E-state index < -0.39 is 5.97 Å². The first-order valence-corrected chi connectivity index (χ1v) is 7.27. The molecule has 0 spiro atoms. The molecule has 9 heteroatoms. The second-order valence-corrected chi connectivity index (χ2v) is 4.43. The van der Waals surface area contributed by atoms with Crippen molar-refractivity contribution in [1.29, 1.82) is 0 Å². The van der Waals surface area contributed by atoms with Crippen LogP contribution in [-0.4, -0.2) is 59.8 Å². The molecule has 132 valence electrons. The summed E-state index contributed by atoms with van der Waals surface area (Å²) in [5, 5.41) is 3.47. The number of rotatable bonds is 12. The number of hydrogen-bond acceptors (Lipinski definition) is 7. The van der Waals surface area contributed by atoms with Crippen LogP contribution in [0.4, 0.5) is 5.69 Å². The van der Waals surface area contributed by atoms with Gasteiger partial charge < -0.3 is 23.7 Å². The summed E-state index contributed by atoms with van der Waals surface area (Å²) in [6.45, 7) is 2.72. The van der Waals surface area contributed by atoms with Gasteiger partial charge >= 0.3 is 5.97 Å². The number of carbonyl (C=O) groups excluding carboxylic acids is 1. The Hall–Kier alpha value is -2.32. The fourth-order valence-electron chi connectivity index (χ4n) is 1.70. The van der Waals surface area contributed by atoms with Crippen LogP contribution < -0.4 is 4.74 Å². The molecule has 0 unspecified atom stereocenters. The Bertz CT molecular complexity index is 560. The van der Waals surface area contributed by atoms with Gasteiger partial charge in [-0.2, -0.15) is 0 Å². The Morgan fingerprint density at radius 2 is 1.75 bits per heavy atom. The normalized spacial score (nSPS) is 10.1. The highest BCUT2D eigenvalue weighted by atomic mass is 16.6. The fourth-order valence-corrected chi connectivity index (χ4v) is 1.70. The van der Waals surface area contributed by atoms with Crippen LogP contribution in [0.25, 0.3) is 10.4 Å². The molecule has 0 aromatic heterocycles. The summed E-state index contributed by atoms with van der Waals surface area (Å²) in [7, 11) is 2.87. The van der Waals surface area contributed by atoms with Gasteiger partial charge in [-0.15, -0.1) is 0 Å². The molecule has 0 fully saturated rings. The average Bonchev–Trinajstić information content (AvgIpc) is 2.60. The van der Waals surface area contributed by atoms with Gasteiger partial charge in [-0.1, -0.05) is 5.11 Å². The SMILES string of the molecule is COCCOCCOCCOc1ccc(C(=O)OC)c(N=[N+]=[N-])c1. The summed E-state index contributed by atoms with van der Waals surface area (Å²) < 4.78 is 25.5. The van der Waals surface area contributed by atoms with Gasteiger partial charge in [-0.3, -0.25) is 0 Å². The molecule has 0 saturated heterocycles. The highest BCUT2D eigenvalue weighted by molar-refractivity contribution is 5.95. The van der Waals surface area contributed by atoms with Gasteiger partial charge in [0.25, 0.3) is 0 Å². The Labute approximate surface area is 140 Å². The zero-order valence-corrected chi connectivity index (χ0v) is 13.8. The van der Waals surface area contributed by atoms with E-state index in [2.05, 4.69) is 14.8 Å². The molecule has 0 atom stereocenters. The topological polar surface area (TPSA) is 112 Å². The summed E-state index contributed by atoms with van der Waals surface area (Å²) in [6.07, 6.45) is 0. The van der Waals surface area contributed by atoms with Crippen molar-refractivity contribution in [3.8, 4) is 5.75 Å². The summed E-state index contributed by atoms with van der Waals surface area (Å²) in [6, 6.07) is 4.55. The lowest BCUT2D eigenvalue weighted by molar-refractivity contribution is 0.0180. The minimum absolute atomic E-state index is 0.148. The molecule has 0 amide bonds. The Morgan fingerprint density at radius 3 is 2.38 bits per heavy atom. The third kappa shape index (κ3) is 7.30. The van der Waals surface area contributed by atoms with Crippen LogP contribution in [0.5, 0.6) is 5.75 Å². The van der Waals surface area contributed by atoms with Gasteiger partial charge in [0, 0.05) is 12.0 Å². The van der Waals surface area contributed by atoms with Gasteiger partial charge in [0.1, 0.15) is 12.4 Å². The van der Waals surface area contributed by atoms with Gasteiger partial charge in [-0.25, -0.2) is 4.79 Å². The van der Waals surface area contributed by atoms with Crippen LogP contribution in [-0.2, 0) is 18.9 Å². The van der Waals surface area contributed by atoms with Crippen molar-refractivity contribution in [2.24, 2.45) is 5.11 Å². The monoisotopic (exact) mass is 339 g/mol. The zero-order chi connectivity index (χ0) is 17.6. The summed E-state index contributed by atoms with van der Waals surface area (Å²) in [5.41, 5.74) is 8.89. The van der Waals surface area contributed by atoms with E-state index in [1.54, 1.807) is 13.2 Å². The lowest BCUT2D eigenvalue weighted by Gasteiger charge is -2.09. The second kappa shape index (κ2) is 12.1. The number of carbonyl (C=O) groups is 1. The number of hydrogen-bond donors (Lipinski definition) is 0. The third-order valence-electron chi connectivity index (χ3n) is 2.83. The molecule has 0 radical (unpaired) electrons. The molecule has 0 bridgehead atoms. The Morgan fingerprint density at radius 1 is 1.08 bits per heavy atom. The van der Waals surface area contributed by atoms with Crippen LogP contribution in [0.1, 0.15) is 10.4 Å². The maximum Gasteiger partial charge on any atom is 0.338 e. The molecule has 0 N–H and O–H groups in total. The van der Waals surface area contributed by atoms with Gasteiger partial charge in [0.2, 0.25) is 0 Å². The van der Waals surface area contributed by atoms with E-state index in [0.717, 1.165) is 0 Å². The number of benzene rings is 1. The average molecular weight is 339 g/mol. The predicted molar refractivity (Wildman–Crippen MR) is 85.6 cm³/mol. The second-order valence-electron chi connectivity index (χ2n) is 4.43. The van der Waals surface area contributed by atoms with E-state index in [0.29, 0.717) is 45.4 Å².